The summed E-state index contributed by atoms with van der Waals surface area (Å²) in [6.45, 7) is 8.85. The van der Waals surface area contributed by atoms with Crippen LogP contribution in [0, 0.1) is 5.92 Å². The molecule has 1 atom stereocenters. The van der Waals surface area contributed by atoms with Gasteiger partial charge in [0.15, 0.2) is 0 Å². The first kappa shape index (κ1) is 35.8. The highest BCUT2D eigenvalue weighted by molar-refractivity contribution is 7.59. The summed E-state index contributed by atoms with van der Waals surface area (Å²) in [5.41, 5.74) is 11.3. The predicted octanol–water partition coefficient (Wildman–Crippen LogP) is 3.23. The minimum Gasteiger partial charge on any atom is -0.356 e. The monoisotopic (exact) mass is 399 g/mol. The van der Waals surface area contributed by atoms with Gasteiger partial charge in [-0.3, -0.25) is 4.79 Å². The predicted molar refractivity (Wildman–Crippen MR) is 121 cm³/mol. The number of ketones is 1. The first-order valence-corrected chi connectivity index (χ1v) is 8.50. The molecule has 0 aromatic rings. The molecule has 5 nitrogen and oxygen atoms in total. The van der Waals surface area contributed by atoms with E-state index in [4.69, 9.17) is 11.5 Å². The molecule has 0 aromatic heterocycles. The molecule has 0 saturated heterocycles. The van der Waals surface area contributed by atoms with E-state index in [1.807, 2.05) is 0 Å². The normalized spacial score (nSPS) is 10.2. The van der Waals surface area contributed by atoms with Gasteiger partial charge in [-0.1, -0.05) is 34.1 Å². The van der Waals surface area contributed by atoms with Gasteiger partial charge in [-0.05, 0) is 52.0 Å². The maximum absolute atomic E-state index is 11.4. The van der Waals surface area contributed by atoms with Gasteiger partial charge in [-0.2, -0.15) is 27.0 Å². The van der Waals surface area contributed by atoms with E-state index < -0.39 is 0 Å². The fourth-order valence-corrected chi connectivity index (χ4v) is 1.76. The third-order valence-electron chi connectivity index (χ3n) is 3.25. The molecule has 0 aromatic carbocycles. The van der Waals surface area contributed by atoms with Crippen molar-refractivity contribution in [3.8, 4) is 0 Å². The van der Waals surface area contributed by atoms with E-state index in [2.05, 4.69) is 19.2 Å². The van der Waals surface area contributed by atoms with E-state index in [-0.39, 0.29) is 52.2 Å². The van der Waals surface area contributed by atoms with Gasteiger partial charge in [0.25, 0.3) is 0 Å². The molecule has 1 amide bonds. The van der Waals surface area contributed by atoms with Crippen LogP contribution in [-0.2, 0) is 9.59 Å². The number of nitrogens with one attached hydrogen (secondary N) is 1. The summed E-state index contributed by atoms with van der Waals surface area (Å²) in [6, 6.07) is 0.289. The van der Waals surface area contributed by atoms with E-state index >= 15 is 0 Å². The van der Waals surface area contributed by atoms with Gasteiger partial charge in [0, 0.05) is 19.0 Å². The zero-order chi connectivity index (χ0) is 17.4. The minimum atomic E-state index is 0. The van der Waals surface area contributed by atoms with Gasteiger partial charge in [-0.15, -0.1) is 0 Å². The Bertz CT molecular complexity index is 287. The van der Waals surface area contributed by atoms with Crippen LogP contribution in [-0.4, -0.2) is 30.8 Å². The Kier molecular flexibility index (Phi) is 37.2. The van der Waals surface area contributed by atoms with E-state index in [9.17, 15) is 9.59 Å². The van der Waals surface area contributed by atoms with Crippen molar-refractivity contribution in [2.24, 2.45) is 17.4 Å². The maximum atomic E-state index is 11.4. The van der Waals surface area contributed by atoms with Crippen molar-refractivity contribution in [2.45, 2.75) is 86.1 Å². The summed E-state index contributed by atoms with van der Waals surface area (Å²) in [4.78, 5) is 20.9. The first-order chi connectivity index (χ1) is 10.3. The summed E-state index contributed by atoms with van der Waals surface area (Å²) in [5.74, 6) is 0.877. The molecule has 1 unspecified atom stereocenters. The van der Waals surface area contributed by atoms with E-state index in [0.717, 1.165) is 51.6 Å². The number of rotatable bonds is 11. The van der Waals surface area contributed by atoms with Crippen LogP contribution in [0.2, 0.25) is 0 Å². The van der Waals surface area contributed by atoms with Crippen molar-refractivity contribution in [1.82, 2.24) is 5.32 Å². The molecule has 5 N–H and O–H groups in total. The van der Waals surface area contributed by atoms with Gasteiger partial charge < -0.3 is 21.6 Å². The van der Waals surface area contributed by atoms with Crippen LogP contribution in [0.15, 0.2) is 0 Å². The topological polar surface area (TPSA) is 98.2 Å². The second kappa shape index (κ2) is 26.0. The van der Waals surface area contributed by atoms with Crippen LogP contribution in [0.25, 0.3) is 0 Å². The molecule has 0 fully saturated rings. The number of hydrogen-bond donors (Lipinski definition) is 3. The summed E-state index contributed by atoms with van der Waals surface area (Å²) >= 11 is 0. The number of carbonyl (C=O) groups is 2. The Morgan fingerprint density at radius 1 is 0.960 bits per heavy atom. The largest absolute Gasteiger partial charge is 0.356 e. The second-order valence-corrected chi connectivity index (χ2v) is 6.26. The lowest BCUT2D eigenvalue weighted by atomic mass is 9.99. The van der Waals surface area contributed by atoms with Gasteiger partial charge in [0.2, 0.25) is 5.91 Å². The highest BCUT2D eigenvalue weighted by Gasteiger charge is 2.06. The van der Waals surface area contributed by atoms with E-state index in [1.165, 1.54) is 13.8 Å². The molecule has 0 aliphatic carbocycles. The van der Waals surface area contributed by atoms with Crippen LogP contribution in [0.3, 0.4) is 0 Å². The Balaban J connectivity index is -0.000000171. The van der Waals surface area contributed by atoms with Crippen LogP contribution < -0.4 is 16.8 Å². The fourth-order valence-electron chi connectivity index (χ4n) is 1.76. The highest BCUT2D eigenvalue weighted by Crippen LogP contribution is 2.07. The van der Waals surface area contributed by atoms with Gasteiger partial charge in [0.1, 0.15) is 5.78 Å². The fraction of sp³-hybridized carbons (Fsp3) is 0.889. The zero-order valence-corrected chi connectivity index (χ0v) is 18.0. The quantitative estimate of drug-likeness (QED) is 0.464. The van der Waals surface area contributed by atoms with Crippen LogP contribution in [0.1, 0.15) is 80.1 Å². The van der Waals surface area contributed by atoms with Crippen molar-refractivity contribution in [1.29, 1.82) is 0 Å². The second-order valence-electron chi connectivity index (χ2n) is 6.26. The maximum Gasteiger partial charge on any atom is 0.219 e. The lowest BCUT2D eigenvalue weighted by Gasteiger charge is -2.15. The summed E-state index contributed by atoms with van der Waals surface area (Å²) in [5, 5.41) is 2.95. The lowest BCUT2D eigenvalue weighted by molar-refractivity contribution is -0.121. The summed E-state index contributed by atoms with van der Waals surface area (Å²) < 4.78 is 0. The molecular weight excluding hydrogens is 354 g/mol. The van der Waals surface area contributed by atoms with E-state index in [1.54, 1.807) is 0 Å². The van der Waals surface area contributed by atoms with Crippen LogP contribution in [0.5, 0.6) is 0 Å². The summed E-state index contributed by atoms with van der Waals surface area (Å²) in [6.07, 6.45) is 6.80. The number of nitrogens with two attached hydrogens (primary N) is 2. The molecular formula is C18H45N3O2S2. The SMILES string of the molecule is C.CC(C)=O.CC(C)C(N)CCCCNC(=O)CCCCCN.S.S. The Morgan fingerprint density at radius 2 is 1.48 bits per heavy atom. The Hall–Kier alpha value is -0.240. The zero-order valence-electron chi connectivity index (χ0n) is 16.0. The van der Waals surface area contributed by atoms with E-state index in [0.29, 0.717) is 12.3 Å². The van der Waals surface area contributed by atoms with Crippen molar-refractivity contribution in [2.75, 3.05) is 13.1 Å². The van der Waals surface area contributed by atoms with Crippen molar-refractivity contribution in [3.05, 3.63) is 0 Å². The number of amides is 1. The van der Waals surface area contributed by atoms with Gasteiger partial charge >= 0.3 is 0 Å². The summed E-state index contributed by atoms with van der Waals surface area (Å²) in [7, 11) is 0. The standard InChI is InChI=1S/C14H31N3O.C3H6O.CH4.2H2S/c1-12(2)13(16)8-5-7-11-17-14(18)9-4-3-6-10-15;1-3(2)4;;;/h12-13H,3-11,15-16H2,1-2H3,(H,17,18);1-2H3;1H4;2*1H2. The Labute approximate surface area is 170 Å². The molecule has 0 aliphatic rings. The molecule has 0 aliphatic heterocycles. The highest BCUT2D eigenvalue weighted by atomic mass is 32.1. The molecule has 0 spiro atoms. The molecule has 25 heavy (non-hydrogen) atoms. The smallest absolute Gasteiger partial charge is 0.219 e. The lowest BCUT2D eigenvalue weighted by Crippen LogP contribution is -2.27. The van der Waals surface area contributed by atoms with Gasteiger partial charge in [0.05, 0.1) is 0 Å². The molecule has 0 radical (unpaired) electrons. The van der Waals surface area contributed by atoms with Crippen molar-refractivity contribution in [3.63, 3.8) is 0 Å². The Morgan fingerprint density at radius 3 is 1.92 bits per heavy atom. The average molecular weight is 400 g/mol. The molecule has 0 saturated carbocycles. The average Bonchev–Trinajstić information content (AvgIpc) is 2.42. The molecule has 7 heteroatoms. The minimum absolute atomic E-state index is 0. The number of hydrogen-bond acceptors (Lipinski definition) is 4. The molecule has 0 rings (SSSR count). The number of unbranched alkanes of at least 4 members (excludes halogenated alkanes) is 3. The third-order valence-corrected chi connectivity index (χ3v) is 3.25. The molecule has 0 heterocycles. The molecule has 0 bridgehead atoms. The number of carbonyl (C=O) groups excluding carboxylic acids is 2. The van der Waals surface area contributed by atoms with Crippen molar-refractivity contribution >= 4 is 38.7 Å². The first-order valence-electron chi connectivity index (χ1n) is 8.50. The number of Topliss-reactive ketones (excluding diaryl/α,β-unsaturated/α-hetero) is 1. The third kappa shape index (κ3) is 35.7. The molecule has 156 valence electrons. The van der Waals surface area contributed by atoms with Crippen molar-refractivity contribution < 1.29 is 9.59 Å². The van der Waals surface area contributed by atoms with Gasteiger partial charge in [-0.25, -0.2) is 0 Å². The van der Waals surface area contributed by atoms with Crippen LogP contribution in [0.4, 0.5) is 0 Å². The van der Waals surface area contributed by atoms with Crippen LogP contribution >= 0.6 is 27.0 Å².